The summed E-state index contributed by atoms with van der Waals surface area (Å²) in [5, 5.41) is 10.7. The molecule has 0 atom stereocenters. The Kier molecular flexibility index (Phi) is 2.21. The fraction of sp³-hybridized carbons (Fsp3) is 0.364. The Bertz CT molecular complexity index is 556. The smallest absolute Gasteiger partial charge is 0.295 e. The number of aromatic nitrogens is 3. The van der Waals surface area contributed by atoms with Gasteiger partial charge < -0.3 is 9.84 Å². The van der Waals surface area contributed by atoms with Crippen molar-refractivity contribution < 1.29 is 9.32 Å². The topological polar surface area (TPSA) is 73.0 Å². The summed E-state index contributed by atoms with van der Waals surface area (Å²) in [7, 11) is 1.83. The van der Waals surface area contributed by atoms with Gasteiger partial charge in [0, 0.05) is 18.7 Å². The van der Waals surface area contributed by atoms with Crippen molar-refractivity contribution in [2.45, 2.75) is 19.3 Å². The second-order valence-corrected chi connectivity index (χ2v) is 4.08. The summed E-state index contributed by atoms with van der Waals surface area (Å²) in [4.78, 5) is 11.8. The second kappa shape index (κ2) is 3.73. The molecule has 0 aliphatic heterocycles. The number of nitrogens with zero attached hydrogens (tertiary/aromatic N) is 3. The average Bonchev–Trinajstić information content (AvgIpc) is 2.98. The van der Waals surface area contributed by atoms with Crippen molar-refractivity contribution in [3.8, 4) is 0 Å². The van der Waals surface area contributed by atoms with Crippen molar-refractivity contribution in [2.24, 2.45) is 7.05 Å². The van der Waals surface area contributed by atoms with Crippen LogP contribution in [0.15, 0.2) is 16.8 Å². The van der Waals surface area contributed by atoms with Crippen LogP contribution in [0.3, 0.4) is 0 Å². The third-order valence-electron chi connectivity index (χ3n) is 2.96. The number of anilines is 1. The Balaban J connectivity index is 1.88. The number of nitrogens with one attached hydrogen (secondary N) is 1. The molecular weight excluding hydrogens is 220 g/mol. The lowest BCUT2D eigenvalue weighted by molar-refractivity contribution is 0.0987. The van der Waals surface area contributed by atoms with Crippen LogP contribution >= 0.6 is 0 Å². The number of hydrogen-bond acceptors (Lipinski definition) is 4. The maximum absolute atomic E-state index is 11.8. The van der Waals surface area contributed by atoms with Crippen molar-refractivity contribution in [3.63, 3.8) is 0 Å². The average molecular weight is 232 g/mol. The standard InChI is InChI=1S/C11H12N4O2/c1-15-10(7-3-2-4-8(7)14-15)13-11(16)9-5-6-12-17-9/h5-6H,2-4H2,1H3,(H,13,16). The number of hydrogen-bond donors (Lipinski definition) is 1. The number of fused-ring (bicyclic) bond motifs is 1. The molecule has 0 unspecified atom stereocenters. The molecule has 0 bridgehead atoms. The van der Waals surface area contributed by atoms with Gasteiger partial charge in [-0.1, -0.05) is 5.16 Å². The van der Waals surface area contributed by atoms with Gasteiger partial charge in [0.15, 0.2) is 0 Å². The van der Waals surface area contributed by atoms with Crippen molar-refractivity contribution in [1.82, 2.24) is 14.9 Å². The van der Waals surface area contributed by atoms with E-state index in [0.717, 1.165) is 36.3 Å². The lowest BCUT2D eigenvalue weighted by Gasteiger charge is -2.05. The summed E-state index contributed by atoms with van der Waals surface area (Å²) in [6, 6.07) is 1.53. The molecule has 0 saturated carbocycles. The van der Waals surface area contributed by atoms with Gasteiger partial charge in [0.25, 0.3) is 5.91 Å². The minimum atomic E-state index is -0.291. The molecular formula is C11H12N4O2. The van der Waals surface area contributed by atoms with Gasteiger partial charge >= 0.3 is 0 Å². The number of amides is 1. The summed E-state index contributed by atoms with van der Waals surface area (Å²) >= 11 is 0. The maximum atomic E-state index is 11.8. The zero-order chi connectivity index (χ0) is 11.8. The monoisotopic (exact) mass is 232 g/mol. The zero-order valence-electron chi connectivity index (χ0n) is 9.43. The molecule has 1 amide bonds. The van der Waals surface area contributed by atoms with Crippen LogP contribution in [-0.4, -0.2) is 20.8 Å². The normalized spacial score (nSPS) is 13.7. The first-order chi connectivity index (χ1) is 8.25. The quantitative estimate of drug-likeness (QED) is 0.842. The molecule has 0 fully saturated rings. The van der Waals surface area contributed by atoms with E-state index in [2.05, 4.69) is 15.6 Å². The van der Waals surface area contributed by atoms with E-state index in [1.54, 1.807) is 4.68 Å². The minimum Gasteiger partial charge on any atom is -0.351 e. The van der Waals surface area contributed by atoms with E-state index in [0.29, 0.717) is 0 Å². The fourth-order valence-corrected chi connectivity index (χ4v) is 2.18. The van der Waals surface area contributed by atoms with Crippen LogP contribution in [0.1, 0.15) is 28.2 Å². The highest BCUT2D eigenvalue weighted by atomic mass is 16.5. The van der Waals surface area contributed by atoms with Crippen molar-refractivity contribution in [1.29, 1.82) is 0 Å². The van der Waals surface area contributed by atoms with Crippen molar-refractivity contribution in [3.05, 3.63) is 29.3 Å². The third kappa shape index (κ3) is 1.61. The number of rotatable bonds is 2. The molecule has 1 aliphatic carbocycles. The van der Waals surface area contributed by atoms with E-state index >= 15 is 0 Å². The molecule has 2 aromatic rings. The SMILES string of the molecule is Cn1nc2c(c1NC(=O)c1ccno1)CCC2. The van der Waals surface area contributed by atoms with Gasteiger partial charge in [-0.05, 0) is 19.3 Å². The van der Waals surface area contributed by atoms with E-state index < -0.39 is 0 Å². The summed E-state index contributed by atoms with van der Waals surface area (Å²) in [5.74, 6) is 0.678. The molecule has 1 N–H and O–H groups in total. The fourth-order valence-electron chi connectivity index (χ4n) is 2.18. The van der Waals surface area contributed by atoms with E-state index in [-0.39, 0.29) is 11.7 Å². The Morgan fingerprint density at radius 2 is 2.41 bits per heavy atom. The molecule has 6 heteroatoms. The van der Waals surface area contributed by atoms with Crippen molar-refractivity contribution >= 4 is 11.7 Å². The summed E-state index contributed by atoms with van der Waals surface area (Å²) in [6.07, 6.45) is 4.50. The second-order valence-electron chi connectivity index (χ2n) is 4.08. The molecule has 0 radical (unpaired) electrons. The molecule has 6 nitrogen and oxygen atoms in total. The number of aryl methyl sites for hydroxylation is 2. The third-order valence-corrected chi connectivity index (χ3v) is 2.96. The van der Waals surface area contributed by atoms with Gasteiger partial charge in [0.2, 0.25) is 5.76 Å². The summed E-state index contributed by atoms with van der Waals surface area (Å²) in [5.41, 5.74) is 2.22. The Labute approximate surface area is 97.6 Å². The molecule has 1 aliphatic rings. The summed E-state index contributed by atoms with van der Waals surface area (Å²) in [6.45, 7) is 0. The van der Waals surface area contributed by atoms with E-state index in [4.69, 9.17) is 4.52 Å². The van der Waals surface area contributed by atoms with Crippen LogP contribution in [0.25, 0.3) is 0 Å². The summed E-state index contributed by atoms with van der Waals surface area (Å²) < 4.78 is 6.52. The van der Waals surface area contributed by atoms with Gasteiger partial charge in [-0.15, -0.1) is 0 Å². The van der Waals surface area contributed by atoms with Crippen LogP contribution in [0.5, 0.6) is 0 Å². The van der Waals surface area contributed by atoms with Gasteiger partial charge in [0.05, 0.1) is 11.9 Å². The zero-order valence-corrected chi connectivity index (χ0v) is 9.43. The van der Waals surface area contributed by atoms with Crippen LogP contribution in [-0.2, 0) is 19.9 Å². The highest BCUT2D eigenvalue weighted by Crippen LogP contribution is 2.28. The first-order valence-electron chi connectivity index (χ1n) is 5.52. The first-order valence-corrected chi connectivity index (χ1v) is 5.52. The lowest BCUT2D eigenvalue weighted by Crippen LogP contribution is -2.15. The van der Waals surface area contributed by atoms with Gasteiger partial charge in [-0.2, -0.15) is 5.10 Å². The Morgan fingerprint density at radius 1 is 1.53 bits per heavy atom. The van der Waals surface area contributed by atoms with Crippen LogP contribution in [0.2, 0.25) is 0 Å². The van der Waals surface area contributed by atoms with Crippen LogP contribution < -0.4 is 5.32 Å². The van der Waals surface area contributed by atoms with E-state index in [1.807, 2.05) is 7.05 Å². The molecule has 88 valence electrons. The lowest BCUT2D eigenvalue weighted by atomic mass is 10.2. The molecule has 0 spiro atoms. The van der Waals surface area contributed by atoms with Crippen LogP contribution in [0.4, 0.5) is 5.82 Å². The Hall–Kier alpha value is -2.11. The largest absolute Gasteiger partial charge is 0.351 e. The molecule has 0 aromatic carbocycles. The number of carbonyl (C=O) groups excluding carboxylic acids is 1. The first kappa shape index (κ1) is 10.1. The highest BCUT2D eigenvalue weighted by molar-refractivity contribution is 6.02. The molecule has 17 heavy (non-hydrogen) atoms. The minimum absolute atomic E-state index is 0.206. The van der Waals surface area contributed by atoms with E-state index in [1.165, 1.54) is 12.3 Å². The van der Waals surface area contributed by atoms with E-state index in [9.17, 15) is 4.79 Å². The Morgan fingerprint density at radius 3 is 3.18 bits per heavy atom. The van der Waals surface area contributed by atoms with Crippen LogP contribution in [0, 0.1) is 0 Å². The van der Waals surface area contributed by atoms with Gasteiger partial charge in [-0.3, -0.25) is 9.48 Å². The predicted molar refractivity (Wildman–Crippen MR) is 59.7 cm³/mol. The molecule has 2 aromatic heterocycles. The van der Waals surface area contributed by atoms with Gasteiger partial charge in [0.1, 0.15) is 5.82 Å². The molecule has 0 saturated heterocycles. The van der Waals surface area contributed by atoms with Gasteiger partial charge in [-0.25, -0.2) is 0 Å². The predicted octanol–water partition coefficient (Wildman–Crippen LogP) is 1.15. The maximum Gasteiger partial charge on any atom is 0.295 e. The highest BCUT2D eigenvalue weighted by Gasteiger charge is 2.23. The van der Waals surface area contributed by atoms with Crippen molar-refractivity contribution in [2.75, 3.05) is 5.32 Å². The molecule has 2 heterocycles. The number of carbonyl (C=O) groups is 1. The molecule has 3 rings (SSSR count).